The zero-order valence-corrected chi connectivity index (χ0v) is 10.8. The van der Waals surface area contributed by atoms with Crippen LogP contribution in [0.5, 0.6) is 5.75 Å². The number of hydrogen-bond donors (Lipinski definition) is 1. The van der Waals surface area contributed by atoms with Gasteiger partial charge in [-0.25, -0.2) is 0 Å². The molecule has 18 heavy (non-hydrogen) atoms. The van der Waals surface area contributed by atoms with Gasteiger partial charge in [0.25, 0.3) is 0 Å². The smallest absolute Gasteiger partial charge is 0.212 e. The first kappa shape index (κ1) is 12.5. The summed E-state index contributed by atoms with van der Waals surface area (Å²) in [5.41, 5.74) is 8.88. The summed E-state index contributed by atoms with van der Waals surface area (Å²) < 4.78 is 5.75. The molecule has 2 aromatic rings. The minimum Gasteiger partial charge on any atom is -0.485 e. The van der Waals surface area contributed by atoms with E-state index in [9.17, 15) is 0 Å². The molecule has 6 heteroatoms. The molecule has 2 rings (SSSR count). The largest absolute Gasteiger partial charge is 0.485 e. The average Bonchev–Trinajstić information content (AvgIpc) is 2.73. The summed E-state index contributed by atoms with van der Waals surface area (Å²) in [6.07, 6.45) is 0. The number of benzene rings is 1. The number of aromatic nitrogens is 4. The zero-order chi connectivity index (χ0) is 13.1. The van der Waals surface area contributed by atoms with Crippen molar-refractivity contribution in [3.8, 4) is 5.75 Å². The second kappa shape index (κ2) is 5.14. The van der Waals surface area contributed by atoms with Crippen LogP contribution in [0.2, 0.25) is 0 Å². The molecule has 0 saturated heterocycles. The van der Waals surface area contributed by atoms with E-state index in [1.165, 1.54) is 4.80 Å². The van der Waals surface area contributed by atoms with Crippen molar-refractivity contribution in [3.05, 3.63) is 34.6 Å². The van der Waals surface area contributed by atoms with Gasteiger partial charge in [-0.3, -0.25) is 0 Å². The van der Waals surface area contributed by atoms with Crippen LogP contribution in [0.25, 0.3) is 0 Å². The predicted molar refractivity (Wildman–Crippen MR) is 66.9 cm³/mol. The second-order valence-corrected chi connectivity index (χ2v) is 4.25. The Balaban J connectivity index is 2.14. The van der Waals surface area contributed by atoms with E-state index in [4.69, 9.17) is 10.5 Å². The lowest BCUT2D eigenvalue weighted by Crippen LogP contribution is -2.04. The van der Waals surface area contributed by atoms with E-state index < -0.39 is 0 Å². The summed E-state index contributed by atoms with van der Waals surface area (Å²) in [5.74, 6) is 1.43. The molecular weight excluding hydrogens is 230 g/mol. The minimum absolute atomic E-state index is 0.317. The van der Waals surface area contributed by atoms with E-state index in [0.717, 1.165) is 22.4 Å². The molecule has 0 atom stereocenters. The molecule has 0 bridgehead atoms. The van der Waals surface area contributed by atoms with Crippen LogP contribution >= 0.6 is 0 Å². The maximum atomic E-state index is 5.75. The van der Waals surface area contributed by atoms with Crippen molar-refractivity contribution in [2.75, 3.05) is 0 Å². The van der Waals surface area contributed by atoms with Gasteiger partial charge < -0.3 is 10.5 Å². The fourth-order valence-electron chi connectivity index (χ4n) is 1.90. The molecular formula is C12H17N5O. The highest BCUT2D eigenvalue weighted by atomic mass is 16.5. The minimum atomic E-state index is 0.317. The van der Waals surface area contributed by atoms with E-state index in [2.05, 4.69) is 15.4 Å². The van der Waals surface area contributed by atoms with E-state index in [1.807, 2.05) is 26.0 Å². The van der Waals surface area contributed by atoms with Crippen molar-refractivity contribution in [3.63, 3.8) is 0 Å². The van der Waals surface area contributed by atoms with Crippen molar-refractivity contribution in [2.45, 2.75) is 27.0 Å². The number of nitrogens with zero attached hydrogens (tertiary/aromatic N) is 4. The fourth-order valence-corrected chi connectivity index (χ4v) is 1.90. The number of aryl methyl sites for hydroxylation is 3. The van der Waals surface area contributed by atoms with Crippen LogP contribution < -0.4 is 10.5 Å². The summed E-state index contributed by atoms with van der Waals surface area (Å²) >= 11 is 0. The van der Waals surface area contributed by atoms with Crippen LogP contribution in [0.15, 0.2) is 12.1 Å². The maximum absolute atomic E-state index is 5.75. The summed E-state index contributed by atoms with van der Waals surface area (Å²) in [6, 6.07) is 4.07. The van der Waals surface area contributed by atoms with E-state index in [0.29, 0.717) is 19.0 Å². The third-order valence-electron chi connectivity index (χ3n) is 2.65. The molecule has 0 radical (unpaired) electrons. The van der Waals surface area contributed by atoms with E-state index in [-0.39, 0.29) is 0 Å². The van der Waals surface area contributed by atoms with E-state index in [1.54, 1.807) is 7.05 Å². The molecule has 1 heterocycles. The first-order valence-corrected chi connectivity index (χ1v) is 5.76. The van der Waals surface area contributed by atoms with Crippen molar-refractivity contribution < 1.29 is 4.74 Å². The quantitative estimate of drug-likeness (QED) is 0.867. The molecule has 0 spiro atoms. The fraction of sp³-hybridized carbons (Fsp3) is 0.417. The molecule has 0 fully saturated rings. The molecule has 1 aromatic heterocycles. The number of ether oxygens (including phenoxy) is 1. The summed E-state index contributed by atoms with van der Waals surface area (Å²) in [5, 5.41) is 11.7. The Labute approximate surface area is 106 Å². The van der Waals surface area contributed by atoms with Gasteiger partial charge in [-0.05, 0) is 35.8 Å². The molecule has 6 nitrogen and oxygen atoms in total. The highest BCUT2D eigenvalue weighted by Crippen LogP contribution is 2.25. The van der Waals surface area contributed by atoms with Gasteiger partial charge in [-0.15, -0.1) is 10.2 Å². The van der Waals surface area contributed by atoms with Crippen LogP contribution in [0.3, 0.4) is 0 Å². The molecule has 0 unspecified atom stereocenters. The Morgan fingerprint density at radius 3 is 2.44 bits per heavy atom. The van der Waals surface area contributed by atoms with Gasteiger partial charge in [-0.1, -0.05) is 12.1 Å². The molecule has 0 aliphatic rings. The van der Waals surface area contributed by atoms with Crippen molar-refractivity contribution in [2.24, 2.45) is 12.8 Å². The van der Waals surface area contributed by atoms with Crippen LogP contribution in [0, 0.1) is 13.8 Å². The van der Waals surface area contributed by atoms with Gasteiger partial charge in [0, 0.05) is 6.54 Å². The molecule has 0 amide bonds. The van der Waals surface area contributed by atoms with Crippen LogP contribution in [0.1, 0.15) is 22.5 Å². The molecule has 0 aliphatic heterocycles. The Kier molecular flexibility index (Phi) is 3.57. The first-order valence-electron chi connectivity index (χ1n) is 5.76. The lowest BCUT2D eigenvalue weighted by molar-refractivity contribution is 0.291. The Hall–Kier alpha value is -1.95. The highest BCUT2D eigenvalue weighted by Gasteiger charge is 2.08. The Morgan fingerprint density at radius 1 is 1.28 bits per heavy atom. The summed E-state index contributed by atoms with van der Waals surface area (Å²) in [7, 11) is 1.73. The third-order valence-corrected chi connectivity index (χ3v) is 2.65. The van der Waals surface area contributed by atoms with Crippen molar-refractivity contribution in [1.29, 1.82) is 0 Å². The summed E-state index contributed by atoms with van der Waals surface area (Å²) in [4.78, 5) is 1.41. The molecule has 2 N–H and O–H groups in total. The van der Waals surface area contributed by atoms with Crippen LogP contribution in [0.4, 0.5) is 0 Å². The van der Waals surface area contributed by atoms with Crippen molar-refractivity contribution in [1.82, 2.24) is 20.2 Å². The van der Waals surface area contributed by atoms with Gasteiger partial charge in [0.1, 0.15) is 5.75 Å². The predicted octanol–water partition coefficient (Wildman–Crippen LogP) is 0.865. The SMILES string of the molecule is Cc1cc(CN)cc(C)c1OCc1nnn(C)n1. The molecule has 1 aromatic carbocycles. The van der Waals surface area contributed by atoms with Crippen LogP contribution in [-0.2, 0) is 20.2 Å². The third kappa shape index (κ3) is 2.65. The van der Waals surface area contributed by atoms with Gasteiger partial charge in [0.2, 0.25) is 5.82 Å². The number of tetrazole rings is 1. The number of hydrogen-bond acceptors (Lipinski definition) is 5. The first-order chi connectivity index (χ1) is 8.60. The molecule has 0 aliphatic carbocycles. The normalized spacial score (nSPS) is 10.7. The lowest BCUT2D eigenvalue weighted by atomic mass is 10.1. The second-order valence-electron chi connectivity index (χ2n) is 4.25. The van der Waals surface area contributed by atoms with Gasteiger partial charge in [0.15, 0.2) is 6.61 Å². The number of rotatable bonds is 4. The Morgan fingerprint density at radius 2 is 1.94 bits per heavy atom. The maximum Gasteiger partial charge on any atom is 0.212 e. The topological polar surface area (TPSA) is 78.9 Å². The van der Waals surface area contributed by atoms with Crippen LogP contribution in [-0.4, -0.2) is 20.2 Å². The highest BCUT2D eigenvalue weighted by molar-refractivity contribution is 5.43. The molecule has 0 saturated carbocycles. The van der Waals surface area contributed by atoms with Crippen molar-refractivity contribution >= 4 is 0 Å². The lowest BCUT2D eigenvalue weighted by Gasteiger charge is -2.12. The monoisotopic (exact) mass is 247 g/mol. The summed E-state index contributed by atoms with van der Waals surface area (Å²) in [6.45, 7) is 4.86. The zero-order valence-electron chi connectivity index (χ0n) is 10.8. The molecule has 96 valence electrons. The van der Waals surface area contributed by atoms with Gasteiger partial charge in [0.05, 0.1) is 7.05 Å². The van der Waals surface area contributed by atoms with Gasteiger partial charge >= 0.3 is 0 Å². The average molecular weight is 247 g/mol. The standard InChI is InChI=1S/C12H17N5O/c1-8-4-10(6-13)5-9(2)12(8)18-7-11-14-16-17(3)15-11/h4-5H,6-7,13H2,1-3H3. The number of nitrogens with two attached hydrogens (primary N) is 1. The Bertz CT molecular complexity index is 526. The van der Waals surface area contributed by atoms with E-state index >= 15 is 0 Å². The van der Waals surface area contributed by atoms with Gasteiger partial charge in [-0.2, -0.15) is 4.80 Å².